The van der Waals surface area contributed by atoms with E-state index in [1.807, 2.05) is 42.5 Å². The fraction of sp³-hybridized carbons (Fsp3) is 0.296. The van der Waals surface area contributed by atoms with Gasteiger partial charge in [0, 0.05) is 19.5 Å². The molecule has 182 valence electrons. The van der Waals surface area contributed by atoms with Crippen molar-refractivity contribution in [1.82, 2.24) is 9.88 Å². The fourth-order valence-corrected chi connectivity index (χ4v) is 4.23. The van der Waals surface area contributed by atoms with Crippen LogP contribution in [0.3, 0.4) is 0 Å². The van der Waals surface area contributed by atoms with Crippen molar-refractivity contribution < 1.29 is 28.5 Å². The molecule has 0 spiro atoms. The van der Waals surface area contributed by atoms with E-state index in [2.05, 4.69) is 0 Å². The lowest BCUT2D eigenvalue weighted by molar-refractivity contribution is -0.131. The Kier molecular flexibility index (Phi) is 6.91. The minimum atomic E-state index is -0.524. The molecule has 1 amide bonds. The summed E-state index contributed by atoms with van der Waals surface area (Å²) in [6, 6.07) is 11.2. The van der Waals surface area contributed by atoms with Crippen LogP contribution in [0.15, 0.2) is 36.4 Å². The van der Waals surface area contributed by atoms with Crippen molar-refractivity contribution in [2.24, 2.45) is 0 Å². The third-order valence-electron chi connectivity index (χ3n) is 6.00. The predicted octanol–water partition coefficient (Wildman–Crippen LogP) is 3.99. The SMILES string of the molecule is COc1cc(/C=C2\CCc3c2nc2ccccc2c3C(=O)OCC(=O)N(C)C)cc(OC)c1OC. The number of amides is 1. The number of carbonyl (C=O) groups excluding carboxylic acids is 2. The normalized spacial score (nSPS) is 13.5. The number of esters is 1. The molecule has 0 saturated heterocycles. The maximum atomic E-state index is 13.2. The molecule has 3 aromatic rings. The van der Waals surface area contributed by atoms with Crippen molar-refractivity contribution in [2.45, 2.75) is 12.8 Å². The van der Waals surface area contributed by atoms with Gasteiger partial charge < -0.3 is 23.8 Å². The highest BCUT2D eigenvalue weighted by Crippen LogP contribution is 2.41. The largest absolute Gasteiger partial charge is 0.493 e. The van der Waals surface area contributed by atoms with E-state index in [0.717, 1.165) is 22.4 Å². The minimum Gasteiger partial charge on any atom is -0.493 e. The quantitative estimate of drug-likeness (QED) is 0.477. The summed E-state index contributed by atoms with van der Waals surface area (Å²) < 4.78 is 21.8. The number of rotatable bonds is 7. The second-order valence-corrected chi connectivity index (χ2v) is 8.32. The van der Waals surface area contributed by atoms with Crippen molar-refractivity contribution in [3.05, 3.63) is 58.8 Å². The number of ether oxygens (including phenoxy) is 4. The van der Waals surface area contributed by atoms with Crippen LogP contribution in [0.25, 0.3) is 22.6 Å². The predicted molar refractivity (Wildman–Crippen MR) is 133 cm³/mol. The first-order valence-electron chi connectivity index (χ1n) is 11.2. The first-order valence-corrected chi connectivity index (χ1v) is 11.2. The van der Waals surface area contributed by atoms with Gasteiger partial charge in [0.15, 0.2) is 18.1 Å². The summed E-state index contributed by atoms with van der Waals surface area (Å²) in [5.41, 5.74) is 4.57. The maximum absolute atomic E-state index is 13.2. The molecule has 1 aliphatic rings. The lowest BCUT2D eigenvalue weighted by Gasteiger charge is -2.14. The molecule has 0 radical (unpaired) electrons. The Hall–Kier alpha value is -4.07. The molecule has 1 aliphatic carbocycles. The smallest absolute Gasteiger partial charge is 0.339 e. The van der Waals surface area contributed by atoms with Gasteiger partial charge in [-0.3, -0.25) is 4.79 Å². The number of methoxy groups -OCH3 is 3. The average Bonchev–Trinajstić information content (AvgIpc) is 3.26. The zero-order chi connectivity index (χ0) is 25.1. The lowest BCUT2D eigenvalue weighted by Crippen LogP contribution is -2.27. The van der Waals surface area contributed by atoms with Crippen molar-refractivity contribution in [1.29, 1.82) is 0 Å². The Morgan fingerprint density at radius 2 is 1.69 bits per heavy atom. The van der Waals surface area contributed by atoms with Gasteiger partial charge in [-0.15, -0.1) is 0 Å². The summed E-state index contributed by atoms with van der Waals surface area (Å²) in [5, 5.41) is 0.711. The Labute approximate surface area is 204 Å². The number of hydrogen-bond donors (Lipinski definition) is 0. The second-order valence-electron chi connectivity index (χ2n) is 8.32. The summed E-state index contributed by atoms with van der Waals surface area (Å²) in [5.74, 6) is 0.822. The molecule has 1 heterocycles. The summed E-state index contributed by atoms with van der Waals surface area (Å²) in [7, 11) is 7.96. The van der Waals surface area contributed by atoms with Gasteiger partial charge in [-0.1, -0.05) is 18.2 Å². The van der Waals surface area contributed by atoms with Crippen LogP contribution in [0.1, 0.15) is 33.6 Å². The van der Waals surface area contributed by atoms with Gasteiger partial charge in [0.25, 0.3) is 5.91 Å². The standard InChI is InChI=1S/C27H28N2O6/c1-29(2)23(30)15-35-27(31)24-18-8-6-7-9-20(18)28-25-17(10-11-19(24)25)12-16-13-21(32-3)26(34-5)22(14-16)33-4/h6-9,12-14H,10-11,15H2,1-5H3/b17-12+. The summed E-state index contributed by atoms with van der Waals surface area (Å²) >= 11 is 0. The molecule has 0 N–H and O–H groups in total. The highest BCUT2D eigenvalue weighted by molar-refractivity contribution is 6.07. The van der Waals surface area contributed by atoms with Crippen molar-refractivity contribution >= 4 is 34.4 Å². The zero-order valence-corrected chi connectivity index (χ0v) is 20.5. The van der Waals surface area contributed by atoms with Crippen LogP contribution in [0.2, 0.25) is 0 Å². The summed E-state index contributed by atoms with van der Waals surface area (Å²) in [6.07, 6.45) is 3.35. The van der Waals surface area contributed by atoms with Crippen molar-refractivity contribution in [3.8, 4) is 17.2 Å². The van der Waals surface area contributed by atoms with Gasteiger partial charge in [0.1, 0.15) is 0 Å². The van der Waals surface area contributed by atoms with Crippen LogP contribution in [0.5, 0.6) is 17.2 Å². The molecular weight excluding hydrogens is 448 g/mol. The van der Waals surface area contributed by atoms with Crippen molar-refractivity contribution in [3.63, 3.8) is 0 Å². The molecule has 8 nitrogen and oxygen atoms in total. The number of hydrogen-bond acceptors (Lipinski definition) is 7. The Balaban J connectivity index is 1.80. The number of allylic oxidation sites excluding steroid dienone is 1. The Morgan fingerprint density at radius 3 is 2.31 bits per heavy atom. The molecule has 35 heavy (non-hydrogen) atoms. The number of para-hydroxylation sites is 1. The number of pyridine rings is 1. The molecule has 0 aliphatic heterocycles. The van der Waals surface area contributed by atoms with Crippen LogP contribution in [-0.2, 0) is 16.0 Å². The number of aromatic nitrogens is 1. The third kappa shape index (κ3) is 4.64. The lowest BCUT2D eigenvalue weighted by atomic mass is 10.0. The Morgan fingerprint density at radius 1 is 1.00 bits per heavy atom. The molecule has 0 atom stereocenters. The first kappa shape index (κ1) is 24.1. The van der Waals surface area contributed by atoms with Crippen LogP contribution < -0.4 is 14.2 Å². The summed E-state index contributed by atoms with van der Waals surface area (Å²) in [6.45, 7) is -0.314. The molecule has 0 unspecified atom stereocenters. The van der Waals surface area contributed by atoms with E-state index >= 15 is 0 Å². The van der Waals surface area contributed by atoms with Gasteiger partial charge in [0.05, 0.1) is 38.1 Å². The van der Waals surface area contributed by atoms with Gasteiger partial charge >= 0.3 is 5.97 Å². The van der Waals surface area contributed by atoms with E-state index in [1.165, 1.54) is 4.90 Å². The number of nitrogens with zero attached hydrogens (tertiary/aromatic N) is 2. The number of likely N-dealkylation sites (N-methyl/N-ethyl adjacent to an activating group) is 1. The van der Waals surface area contributed by atoms with E-state index in [0.29, 0.717) is 46.6 Å². The Bertz CT molecular complexity index is 1300. The van der Waals surface area contributed by atoms with Crippen LogP contribution in [-0.4, -0.2) is 63.8 Å². The molecule has 2 aromatic carbocycles. The van der Waals surface area contributed by atoms with E-state index in [-0.39, 0.29) is 12.5 Å². The monoisotopic (exact) mass is 476 g/mol. The molecule has 8 heteroatoms. The van der Waals surface area contributed by atoms with E-state index in [1.54, 1.807) is 35.4 Å². The number of fused-ring (bicyclic) bond motifs is 2. The fourth-order valence-electron chi connectivity index (χ4n) is 4.23. The van der Waals surface area contributed by atoms with Crippen molar-refractivity contribution in [2.75, 3.05) is 42.0 Å². The van der Waals surface area contributed by atoms with Crippen LogP contribution >= 0.6 is 0 Å². The van der Waals surface area contributed by atoms with E-state index < -0.39 is 5.97 Å². The molecule has 0 saturated carbocycles. The zero-order valence-electron chi connectivity index (χ0n) is 20.5. The van der Waals surface area contributed by atoms with E-state index in [9.17, 15) is 9.59 Å². The molecule has 0 fully saturated rings. The number of carbonyl (C=O) groups is 2. The number of benzene rings is 2. The minimum absolute atomic E-state index is 0.281. The first-order chi connectivity index (χ1) is 16.9. The maximum Gasteiger partial charge on any atom is 0.339 e. The molecular formula is C27H28N2O6. The van der Waals surface area contributed by atoms with Gasteiger partial charge in [-0.25, -0.2) is 9.78 Å². The van der Waals surface area contributed by atoms with E-state index in [4.69, 9.17) is 23.9 Å². The van der Waals surface area contributed by atoms with Gasteiger partial charge in [0.2, 0.25) is 5.75 Å². The van der Waals surface area contributed by atoms with Crippen LogP contribution in [0, 0.1) is 0 Å². The second kappa shape index (κ2) is 10.0. The molecule has 4 rings (SSSR count). The van der Waals surface area contributed by atoms with Crippen LogP contribution in [0.4, 0.5) is 0 Å². The molecule has 1 aromatic heterocycles. The highest BCUT2D eigenvalue weighted by Gasteiger charge is 2.28. The van der Waals surface area contributed by atoms with Gasteiger partial charge in [-0.05, 0) is 53.8 Å². The average molecular weight is 477 g/mol. The van der Waals surface area contributed by atoms with Gasteiger partial charge in [-0.2, -0.15) is 0 Å². The topological polar surface area (TPSA) is 87.2 Å². The molecule has 0 bridgehead atoms. The highest BCUT2D eigenvalue weighted by atomic mass is 16.5. The third-order valence-corrected chi connectivity index (χ3v) is 6.00. The summed E-state index contributed by atoms with van der Waals surface area (Å²) in [4.78, 5) is 31.4.